The van der Waals surface area contributed by atoms with Crippen molar-refractivity contribution in [3.05, 3.63) is 54.2 Å². The van der Waals surface area contributed by atoms with Crippen molar-refractivity contribution in [2.45, 2.75) is 97.8 Å². The summed E-state index contributed by atoms with van der Waals surface area (Å²) in [5.41, 5.74) is 0.946. The van der Waals surface area contributed by atoms with Crippen molar-refractivity contribution in [2.24, 2.45) is 7.05 Å². The first-order chi connectivity index (χ1) is 18.4. The van der Waals surface area contributed by atoms with Crippen molar-refractivity contribution in [1.82, 2.24) is 15.1 Å². The number of nitrogens with one attached hydrogen (secondary N) is 1. The second-order valence-corrected chi connectivity index (χ2v) is 9.03. The molecular weight excluding hydrogens is 515 g/mol. The number of rotatable bonds is 6. The molecule has 1 aliphatic heterocycles. The average molecular weight is 558 g/mol. The van der Waals surface area contributed by atoms with E-state index in [1.165, 1.54) is 24.8 Å². The van der Waals surface area contributed by atoms with E-state index in [4.69, 9.17) is 9.47 Å². The Hall–Kier alpha value is -3.05. The van der Waals surface area contributed by atoms with Gasteiger partial charge in [0.25, 0.3) is 5.91 Å². The molecule has 2 heterocycles. The summed E-state index contributed by atoms with van der Waals surface area (Å²) in [5.74, 6) is 0.0386. The number of amides is 1. The second-order valence-electron chi connectivity index (χ2n) is 9.03. The van der Waals surface area contributed by atoms with Crippen LogP contribution in [0.3, 0.4) is 0 Å². The molecule has 1 saturated carbocycles. The standard InChI is InChI=1S/C13H14FNO3.C10H14F2N2O2.C3H8.C2H6/c1-3-15-13(17)12-6-10(16)8-4-7(2)9(14)5-11(8)18-12;1-10(11,12)16-8-3-7(4-8)15-9-5-13-14(2)6-9;1-3-2;1-2/h3-5,10,12,16H,1,6H2,2H3,(H,15,17);5-8H,3-4H2,1-2H3;3H2,1-2H3;1-2H3. The molecule has 0 saturated heterocycles. The number of carbonyl (C=O) groups is 1. The van der Waals surface area contributed by atoms with Gasteiger partial charge in [-0.2, -0.15) is 13.9 Å². The maximum Gasteiger partial charge on any atom is 0.353 e. The lowest BCUT2D eigenvalue weighted by Gasteiger charge is -2.35. The number of ether oxygens (including phenoxy) is 3. The van der Waals surface area contributed by atoms with Gasteiger partial charge >= 0.3 is 6.11 Å². The first-order valence-electron chi connectivity index (χ1n) is 13.1. The molecular formula is C28H42F3N3O5. The summed E-state index contributed by atoms with van der Waals surface area (Å²) in [5, 5.41) is 16.3. The zero-order chi connectivity index (χ0) is 29.8. The molecule has 11 heteroatoms. The molecule has 0 radical (unpaired) electrons. The van der Waals surface area contributed by atoms with Gasteiger partial charge in [-0.25, -0.2) is 4.39 Å². The van der Waals surface area contributed by atoms with Gasteiger partial charge in [0.05, 0.1) is 24.6 Å². The van der Waals surface area contributed by atoms with Gasteiger partial charge < -0.3 is 24.6 Å². The molecule has 39 heavy (non-hydrogen) atoms. The van der Waals surface area contributed by atoms with E-state index >= 15 is 0 Å². The number of carbonyl (C=O) groups excluding carboxylic acids is 1. The number of hydrogen-bond donors (Lipinski definition) is 2. The zero-order valence-corrected chi connectivity index (χ0v) is 23.8. The molecule has 2 aromatic rings. The van der Waals surface area contributed by atoms with E-state index < -0.39 is 36.1 Å². The molecule has 4 rings (SSSR count). The smallest absolute Gasteiger partial charge is 0.353 e. The molecule has 2 aliphatic rings. The van der Waals surface area contributed by atoms with Crippen molar-refractivity contribution in [1.29, 1.82) is 0 Å². The van der Waals surface area contributed by atoms with Gasteiger partial charge in [0, 0.05) is 44.9 Å². The molecule has 1 aliphatic carbocycles. The number of fused-ring (bicyclic) bond motifs is 1. The monoisotopic (exact) mass is 557 g/mol. The van der Waals surface area contributed by atoms with E-state index in [9.17, 15) is 23.1 Å². The Morgan fingerprint density at radius 3 is 2.41 bits per heavy atom. The van der Waals surface area contributed by atoms with Crippen molar-refractivity contribution < 1.29 is 37.3 Å². The summed E-state index contributed by atoms with van der Waals surface area (Å²) in [6, 6.07) is 2.73. The average Bonchev–Trinajstić information content (AvgIpc) is 3.25. The van der Waals surface area contributed by atoms with Crippen LogP contribution in [0.2, 0.25) is 0 Å². The highest BCUT2D eigenvalue weighted by atomic mass is 19.3. The van der Waals surface area contributed by atoms with E-state index in [2.05, 4.69) is 35.6 Å². The van der Waals surface area contributed by atoms with Gasteiger partial charge in [-0.3, -0.25) is 9.48 Å². The van der Waals surface area contributed by atoms with Crippen molar-refractivity contribution in [2.75, 3.05) is 0 Å². The number of aromatic nitrogens is 2. The molecule has 1 aromatic heterocycles. The Morgan fingerprint density at radius 1 is 1.28 bits per heavy atom. The molecule has 220 valence electrons. The minimum atomic E-state index is -3.05. The minimum Gasteiger partial charge on any atom is -0.487 e. The number of hydrogen-bond acceptors (Lipinski definition) is 6. The van der Waals surface area contributed by atoms with Crippen molar-refractivity contribution in [3.63, 3.8) is 0 Å². The quantitative estimate of drug-likeness (QED) is 0.454. The Balaban J connectivity index is 0.000000337. The molecule has 1 aromatic carbocycles. The van der Waals surface area contributed by atoms with E-state index in [-0.39, 0.29) is 18.3 Å². The lowest BCUT2D eigenvalue weighted by molar-refractivity contribution is -0.271. The highest BCUT2D eigenvalue weighted by molar-refractivity contribution is 5.82. The highest BCUT2D eigenvalue weighted by Crippen LogP contribution is 2.36. The molecule has 0 spiro atoms. The number of benzene rings is 1. The molecule has 8 nitrogen and oxygen atoms in total. The van der Waals surface area contributed by atoms with Crippen LogP contribution in [-0.2, 0) is 16.6 Å². The maximum atomic E-state index is 13.4. The normalized spacial score (nSPS) is 21.0. The second kappa shape index (κ2) is 16.1. The van der Waals surface area contributed by atoms with Crippen LogP contribution in [0.1, 0.15) is 77.5 Å². The molecule has 1 fully saturated rings. The van der Waals surface area contributed by atoms with Crippen LogP contribution in [-0.4, -0.2) is 45.2 Å². The Bertz CT molecular complexity index is 1040. The summed E-state index contributed by atoms with van der Waals surface area (Å²) in [7, 11) is 1.79. The van der Waals surface area contributed by atoms with E-state index in [1.54, 1.807) is 31.0 Å². The van der Waals surface area contributed by atoms with Crippen LogP contribution < -0.4 is 14.8 Å². The fourth-order valence-corrected chi connectivity index (χ4v) is 3.59. The number of alkyl halides is 2. The largest absolute Gasteiger partial charge is 0.487 e. The van der Waals surface area contributed by atoms with Crippen molar-refractivity contribution in [3.8, 4) is 11.5 Å². The predicted octanol–water partition coefficient (Wildman–Crippen LogP) is 5.98. The number of halogens is 3. The van der Waals surface area contributed by atoms with Crippen LogP contribution in [0.4, 0.5) is 13.2 Å². The molecule has 2 unspecified atom stereocenters. The first-order valence-corrected chi connectivity index (χ1v) is 13.1. The Morgan fingerprint density at radius 2 is 1.90 bits per heavy atom. The molecule has 2 atom stereocenters. The van der Waals surface area contributed by atoms with E-state index in [1.807, 2.05) is 13.8 Å². The molecule has 2 N–H and O–H groups in total. The summed E-state index contributed by atoms with van der Waals surface area (Å²) in [6.45, 7) is 14.0. The molecule has 0 bridgehead atoms. The minimum absolute atomic E-state index is 0.0449. The number of aliphatic hydroxyl groups is 1. The highest BCUT2D eigenvalue weighted by Gasteiger charge is 2.38. The molecule has 1 amide bonds. The van der Waals surface area contributed by atoms with Gasteiger partial charge in [-0.1, -0.05) is 40.7 Å². The van der Waals surface area contributed by atoms with E-state index in [0.717, 1.165) is 6.92 Å². The first kappa shape index (κ1) is 34.0. The van der Waals surface area contributed by atoms with Gasteiger partial charge in [0.1, 0.15) is 17.7 Å². The van der Waals surface area contributed by atoms with E-state index in [0.29, 0.717) is 29.7 Å². The van der Waals surface area contributed by atoms with Gasteiger partial charge in [0.2, 0.25) is 0 Å². The van der Waals surface area contributed by atoms with Crippen molar-refractivity contribution >= 4 is 5.91 Å². The van der Waals surface area contributed by atoms with Crippen LogP contribution in [0.15, 0.2) is 37.3 Å². The third-order valence-electron chi connectivity index (χ3n) is 5.30. The van der Waals surface area contributed by atoms with Gasteiger partial charge in [0.15, 0.2) is 11.9 Å². The van der Waals surface area contributed by atoms with Crippen LogP contribution in [0.5, 0.6) is 11.5 Å². The summed E-state index contributed by atoms with van der Waals surface area (Å²) in [6.07, 6.45) is 1.78. The lowest BCUT2D eigenvalue weighted by Crippen LogP contribution is -2.42. The van der Waals surface area contributed by atoms with Gasteiger partial charge in [-0.05, 0) is 24.8 Å². The number of aryl methyl sites for hydroxylation is 2. The summed E-state index contributed by atoms with van der Waals surface area (Å²) in [4.78, 5) is 11.6. The zero-order valence-electron chi connectivity index (χ0n) is 23.8. The topological polar surface area (TPSA) is 94.8 Å². The third-order valence-corrected chi connectivity index (χ3v) is 5.30. The van der Waals surface area contributed by atoms with Crippen LogP contribution in [0, 0.1) is 12.7 Å². The van der Waals surface area contributed by atoms with Gasteiger partial charge in [-0.15, -0.1) is 0 Å². The fourth-order valence-electron chi connectivity index (χ4n) is 3.59. The fraction of sp³-hybridized carbons (Fsp3) is 0.571. The maximum absolute atomic E-state index is 13.4. The predicted molar refractivity (Wildman–Crippen MR) is 143 cm³/mol. The number of nitrogens with zero attached hydrogens (tertiary/aromatic N) is 2. The number of aliphatic hydroxyl groups excluding tert-OH is 1. The Kier molecular flexibility index (Phi) is 14.1. The third kappa shape index (κ3) is 11.3. The Labute approximate surface area is 229 Å². The SMILES string of the molecule is C=CNC(=O)C1CC(O)c2cc(C)c(F)cc2O1.CC.CCC.Cn1cc(OC2CC(OC(C)(F)F)C2)cn1. The lowest BCUT2D eigenvalue weighted by atomic mass is 9.92. The van der Waals surface area contributed by atoms with Crippen LogP contribution in [0.25, 0.3) is 0 Å². The van der Waals surface area contributed by atoms with Crippen LogP contribution >= 0.6 is 0 Å². The summed E-state index contributed by atoms with van der Waals surface area (Å²) >= 11 is 0. The summed E-state index contributed by atoms with van der Waals surface area (Å²) < 4.78 is 55.4.